The Morgan fingerprint density at radius 2 is 1.87 bits per heavy atom. The number of aromatic amines is 1. The first-order valence-electron chi connectivity index (χ1n) is 7.59. The van der Waals surface area contributed by atoms with Gasteiger partial charge < -0.3 is 15.6 Å². The van der Waals surface area contributed by atoms with E-state index in [0.29, 0.717) is 25.1 Å². The number of fused-ring (bicyclic) bond motifs is 1. The Bertz CT molecular complexity index is 780. The Balaban J connectivity index is 1.91. The summed E-state index contributed by atoms with van der Waals surface area (Å²) >= 11 is 0. The van der Waals surface area contributed by atoms with Gasteiger partial charge >= 0.3 is 0 Å². The van der Waals surface area contributed by atoms with E-state index in [9.17, 15) is 14.4 Å². The third-order valence-electron chi connectivity index (χ3n) is 3.51. The minimum Gasteiger partial charge on any atom is -0.356 e. The lowest BCUT2D eigenvalue weighted by Crippen LogP contribution is -2.29. The van der Waals surface area contributed by atoms with Crippen molar-refractivity contribution < 1.29 is 9.59 Å². The summed E-state index contributed by atoms with van der Waals surface area (Å²) in [4.78, 5) is 37.0. The first kappa shape index (κ1) is 16.7. The molecule has 1 aromatic heterocycles. The molecule has 2 amide bonds. The zero-order valence-electron chi connectivity index (χ0n) is 13.4. The maximum Gasteiger partial charge on any atom is 0.251 e. The Hall–Kier alpha value is -2.63. The average Bonchev–Trinajstić information content (AvgIpc) is 2.48. The van der Waals surface area contributed by atoms with E-state index in [-0.39, 0.29) is 23.8 Å². The van der Waals surface area contributed by atoms with Crippen molar-refractivity contribution in [1.82, 2.24) is 15.6 Å². The van der Waals surface area contributed by atoms with Crippen molar-refractivity contribution in [3.63, 3.8) is 0 Å². The largest absolute Gasteiger partial charge is 0.356 e. The summed E-state index contributed by atoms with van der Waals surface area (Å²) in [7, 11) is 0. The van der Waals surface area contributed by atoms with E-state index in [1.807, 2.05) is 24.3 Å². The molecule has 1 aromatic carbocycles. The highest BCUT2D eigenvalue weighted by Crippen LogP contribution is 2.14. The summed E-state index contributed by atoms with van der Waals surface area (Å²) in [5.41, 5.74) is 2.21. The fourth-order valence-electron chi connectivity index (χ4n) is 2.30. The number of hydrogen-bond donors (Lipinski definition) is 3. The maximum absolute atomic E-state index is 11.9. The van der Waals surface area contributed by atoms with Gasteiger partial charge in [0.05, 0.1) is 6.42 Å². The molecular formula is C17H21N3O3. The molecule has 122 valence electrons. The maximum atomic E-state index is 11.9. The number of hydrogen-bond acceptors (Lipinski definition) is 3. The molecule has 6 nitrogen and oxygen atoms in total. The molecule has 0 aliphatic heterocycles. The number of carbonyl (C=O) groups is 2. The summed E-state index contributed by atoms with van der Waals surface area (Å²) in [6.07, 6.45) is 0.984. The molecule has 0 saturated heterocycles. The van der Waals surface area contributed by atoms with Crippen LogP contribution >= 0.6 is 0 Å². The van der Waals surface area contributed by atoms with Crippen LogP contribution in [0, 0.1) is 6.92 Å². The molecule has 0 saturated carbocycles. The van der Waals surface area contributed by atoms with E-state index >= 15 is 0 Å². The van der Waals surface area contributed by atoms with Gasteiger partial charge in [-0.3, -0.25) is 14.4 Å². The fourth-order valence-corrected chi connectivity index (χ4v) is 2.30. The molecule has 3 N–H and O–H groups in total. The molecule has 0 fully saturated rings. The van der Waals surface area contributed by atoms with E-state index < -0.39 is 0 Å². The molecule has 0 spiro atoms. The van der Waals surface area contributed by atoms with Crippen molar-refractivity contribution in [3.05, 3.63) is 45.7 Å². The van der Waals surface area contributed by atoms with Gasteiger partial charge in [0.1, 0.15) is 0 Å². The van der Waals surface area contributed by atoms with E-state index in [1.165, 1.54) is 6.92 Å². The Kier molecular flexibility index (Phi) is 5.51. The Morgan fingerprint density at radius 3 is 2.61 bits per heavy atom. The molecule has 0 atom stereocenters. The second kappa shape index (κ2) is 7.58. The third-order valence-corrected chi connectivity index (χ3v) is 3.51. The molecule has 0 aliphatic carbocycles. The molecule has 0 bridgehead atoms. The third kappa shape index (κ3) is 4.95. The minimum absolute atomic E-state index is 0.0617. The van der Waals surface area contributed by atoms with Crippen LogP contribution in [0.2, 0.25) is 0 Å². The molecule has 2 rings (SSSR count). The van der Waals surface area contributed by atoms with E-state index in [4.69, 9.17) is 0 Å². The van der Waals surface area contributed by atoms with Crippen molar-refractivity contribution in [2.75, 3.05) is 13.1 Å². The van der Waals surface area contributed by atoms with E-state index in [2.05, 4.69) is 15.6 Å². The molecule has 1 heterocycles. The zero-order valence-corrected chi connectivity index (χ0v) is 13.4. The molecule has 0 radical (unpaired) electrons. The molecular weight excluding hydrogens is 294 g/mol. The number of nitrogens with one attached hydrogen (secondary N) is 3. The van der Waals surface area contributed by atoms with Crippen LogP contribution in [0.5, 0.6) is 0 Å². The van der Waals surface area contributed by atoms with Gasteiger partial charge in [0.2, 0.25) is 11.8 Å². The van der Waals surface area contributed by atoms with Gasteiger partial charge in [0.15, 0.2) is 0 Å². The number of carbonyl (C=O) groups excluding carboxylic acids is 2. The van der Waals surface area contributed by atoms with Crippen molar-refractivity contribution in [1.29, 1.82) is 0 Å². The summed E-state index contributed by atoms with van der Waals surface area (Å²) in [5.74, 6) is -0.130. The summed E-state index contributed by atoms with van der Waals surface area (Å²) < 4.78 is 0. The Labute approximate surface area is 134 Å². The van der Waals surface area contributed by atoms with Crippen LogP contribution in [-0.2, 0) is 16.0 Å². The van der Waals surface area contributed by atoms with Crippen LogP contribution in [0.15, 0.2) is 29.1 Å². The van der Waals surface area contributed by atoms with E-state index in [0.717, 1.165) is 16.5 Å². The van der Waals surface area contributed by atoms with Crippen LogP contribution < -0.4 is 16.2 Å². The second-order valence-electron chi connectivity index (χ2n) is 5.57. The van der Waals surface area contributed by atoms with E-state index in [1.54, 1.807) is 6.92 Å². The van der Waals surface area contributed by atoms with Gasteiger partial charge in [0, 0.05) is 31.1 Å². The highest BCUT2D eigenvalue weighted by atomic mass is 16.2. The van der Waals surface area contributed by atoms with Gasteiger partial charge in [-0.2, -0.15) is 0 Å². The molecule has 0 unspecified atom stereocenters. The van der Waals surface area contributed by atoms with Gasteiger partial charge in [-0.1, -0.05) is 6.07 Å². The normalized spacial score (nSPS) is 10.5. The number of aromatic nitrogens is 1. The predicted octanol–water partition coefficient (Wildman–Crippen LogP) is 1.02. The molecule has 6 heteroatoms. The van der Waals surface area contributed by atoms with Crippen molar-refractivity contribution in [2.24, 2.45) is 0 Å². The summed E-state index contributed by atoms with van der Waals surface area (Å²) in [5, 5.41) is 6.42. The highest BCUT2D eigenvalue weighted by Gasteiger charge is 2.05. The standard InChI is InChI=1S/C17H21N3O3/c1-11-8-14-9-13(4-5-15(14)20-17(11)23)10-16(22)19-7-3-6-18-12(2)21/h4-5,8-9H,3,6-7,10H2,1-2H3,(H,18,21)(H,19,22)(H,20,23). The average molecular weight is 315 g/mol. The fraction of sp³-hybridized carbons (Fsp3) is 0.353. The smallest absolute Gasteiger partial charge is 0.251 e. The van der Waals surface area contributed by atoms with Crippen molar-refractivity contribution in [2.45, 2.75) is 26.7 Å². The minimum atomic E-state index is -0.0952. The number of rotatable bonds is 6. The van der Waals surface area contributed by atoms with Crippen LogP contribution in [-0.4, -0.2) is 29.9 Å². The van der Waals surface area contributed by atoms with Crippen LogP contribution in [0.4, 0.5) is 0 Å². The number of aryl methyl sites for hydroxylation is 1. The van der Waals surface area contributed by atoms with Gasteiger partial charge in [0.25, 0.3) is 5.56 Å². The predicted molar refractivity (Wildman–Crippen MR) is 89.3 cm³/mol. The zero-order chi connectivity index (χ0) is 16.8. The SMILES string of the molecule is CC(=O)NCCCNC(=O)Cc1ccc2[nH]c(=O)c(C)cc2c1. The monoisotopic (exact) mass is 315 g/mol. The first-order chi connectivity index (χ1) is 11.0. The topological polar surface area (TPSA) is 91.1 Å². The molecule has 2 aromatic rings. The highest BCUT2D eigenvalue weighted by molar-refractivity contribution is 5.83. The number of H-pyrrole nitrogens is 1. The van der Waals surface area contributed by atoms with Crippen molar-refractivity contribution >= 4 is 22.7 Å². The molecule has 23 heavy (non-hydrogen) atoms. The summed E-state index contributed by atoms with van der Waals surface area (Å²) in [6.45, 7) is 4.30. The van der Waals surface area contributed by atoms with Crippen LogP contribution in [0.25, 0.3) is 10.9 Å². The first-order valence-corrected chi connectivity index (χ1v) is 7.59. The van der Waals surface area contributed by atoms with Crippen molar-refractivity contribution in [3.8, 4) is 0 Å². The van der Waals surface area contributed by atoms with Gasteiger partial charge in [-0.05, 0) is 42.5 Å². The quantitative estimate of drug-likeness (QED) is 0.695. The van der Waals surface area contributed by atoms with Gasteiger partial charge in [-0.25, -0.2) is 0 Å². The Morgan fingerprint density at radius 1 is 1.13 bits per heavy atom. The van der Waals surface area contributed by atoms with Crippen LogP contribution in [0.1, 0.15) is 24.5 Å². The lowest BCUT2D eigenvalue weighted by Gasteiger charge is -2.07. The lowest BCUT2D eigenvalue weighted by molar-refractivity contribution is -0.120. The van der Waals surface area contributed by atoms with Crippen LogP contribution in [0.3, 0.4) is 0 Å². The summed E-state index contributed by atoms with van der Waals surface area (Å²) in [6, 6.07) is 7.39. The number of amides is 2. The second-order valence-corrected chi connectivity index (χ2v) is 5.57. The number of pyridine rings is 1. The lowest BCUT2D eigenvalue weighted by atomic mass is 10.1. The number of benzene rings is 1. The van der Waals surface area contributed by atoms with Gasteiger partial charge in [-0.15, -0.1) is 0 Å². The molecule has 0 aliphatic rings.